The van der Waals surface area contributed by atoms with E-state index >= 15 is 0 Å². The summed E-state index contributed by atoms with van der Waals surface area (Å²) in [6.45, 7) is 0. The predicted molar refractivity (Wildman–Crippen MR) is 56.8 cm³/mol. The molecule has 16 heavy (non-hydrogen) atoms. The van der Waals surface area contributed by atoms with Crippen LogP contribution >= 0.6 is 15.9 Å². The highest BCUT2D eigenvalue weighted by Crippen LogP contribution is 2.29. The first-order valence-electron chi connectivity index (χ1n) is 4.45. The topological polar surface area (TPSA) is 33.4 Å². The second kappa shape index (κ2) is 4.35. The van der Waals surface area contributed by atoms with Gasteiger partial charge in [-0.3, -0.25) is 0 Å². The molecule has 1 unspecified atom stereocenters. The fraction of sp³-hybridized carbons (Fsp3) is 0.0909. The Hall–Kier alpha value is -1.20. The van der Waals surface area contributed by atoms with Crippen molar-refractivity contribution in [3.8, 4) is 0 Å². The molecular weight excluding hydrogens is 282 g/mol. The molecule has 0 saturated heterocycles. The van der Waals surface area contributed by atoms with Gasteiger partial charge in [0.25, 0.3) is 0 Å². The van der Waals surface area contributed by atoms with Crippen LogP contribution in [-0.2, 0) is 0 Å². The molecule has 1 N–H and O–H groups in total. The van der Waals surface area contributed by atoms with Crippen LogP contribution in [0.1, 0.15) is 17.2 Å². The molecule has 0 aliphatic heterocycles. The summed E-state index contributed by atoms with van der Waals surface area (Å²) in [4.78, 5) is 0. The summed E-state index contributed by atoms with van der Waals surface area (Å²) in [5.74, 6) is -1.46. The molecule has 2 nitrogen and oxygen atoms in total. The first kappa shape index (κ1) is 11.3. The van der Waals surface area contributed by atoms with Crippen molar-refractivity contribution in [2.24, 2.45) is 0 Å². The molecule has 1 heterocycles. The van der Waals surface area contributed by atoms with Crippen LogP contribution in [0.2, 0.25) is 0 Å². The molecule has 0 fully saturated rings. The van der Waals surface area contributed by atoms with Gasteiger partial charge in [-0.25, -0.2) is 8.78 Å². The van der Waals surface area contributed by atoms with Crippen molar-refractivity contribution in [1.29, 1.82) is 0 Å². The lowest BCUT2D eigenvalue weighted by Gasteiger charge is -2.09. The van der Waals surface area contributed by atoms with Crippen molar-refractivity contribution in [1.82, 2.24) is 0 Å². The summed E-state index contributed by atoms with van der Waals surface area (Å²) in [5.41, 5.74) is 0.560. The molecule has 0 aliphatic rings. The minimum absolute atomic E-state index is 0.139. The molecule has 0 saturated carbocycles. The van der Waals surface area contributed by atoms with Gasteiger partial charge in [0.2, 0.25) is 0 Å². The van der Waals surface area contributed by atoms with Crippen molar-refractivity contribution in [2.75, 3.05) is 0 Å². The third kappa shape index (κ3) is 2.15. The van der Waals surface area contributed by atoms with Gasteiger partial charge in [0.1, 0.15) is 17.7 Å². The number of hydrogen-bond donors (Lipinski definition) is 1. The third-order valence-electron chi connectivity index (χ3n) is 2.14. The molecule has 2 aromatic rings. The van der Waals surface area contributed by atoms with Gasteiger partial charge in [-0.1, -0.05) is 0 Å². The molecule has 84 valence electrons. The average molecular weight is 289 g/mol. The molecule has 0 amide bonds. The highest BCUT2D eigenvalue weighted by atomic mass is 79.9. The van der Waals surface area contributed by atoms with E-state index in [1.165, 1.54) is 12.3 Å². The fourth-order valence-corrected chi connectivity index (χ4v) is 1.87. The van der Waals surface area contributed by atoms with Gasteiger partial charge in [-0.15, -0.1) is 0 Å². The standard InChI is InChI=1S/C11H7BrF2O2/c12-11-9(1-2-16-11)10(15)6-3-7(13)5-8(14)4-6/h1-5,10,15H. The molecule has 5 heteroatoms. The predicted octanol–water partition coefficient (Wildman–Crippen LogP) is 3.40. The molecule has 0 aliphatic carbocycles. The third-order valence-corrected chi connectivity index (χ3v) is 2.79. The molecule has 0 bridgehead atoms. The highest BCUT2D eigenvalue weighted by Gasteiger charge is 2.17. The van der Waals surface area contributed by atoms with Crippen LogP contribution in [-0.4, -0.2) is 5.11 Å². The van der Waals surface area contributed by atoms with Crippen LogP contribution in [0.4, 0.5) is 8.78 Å². The molecule has 0 spiro atoms. The van der Waals surface area contributed by atoms with E-state index in [1.807, 2.05) is 0 Å². The van der Waals surface area contributed by atoms with E-state index in [1.54, 1.807) is 0 Å². The SMILES string of the molecule is OC(c1cc(F)cc(F)c1)c1ccoc1Br. The largest absolute Gasteiger partial charge is 0.457 e. The van der Waals surface area contributed by atoms with Crippen molar-refractivity contribution >= 4 is 15.9 Å². The minimum atomic E-state index is -1.13. The van der Waals surface area contributed by atoms with Gasteiger partial charge in [0.05, 0.1) is 6.26 Å². The van der Waals surface area contributed by atoms with E-state index < -0.39 is 17.7 Å². The number of halogens is 3. The van der Waals surface area contributed by atoms with Gasteiger partial charge < -0.3 is 9.52 Å². The molecule has 1 aromatic carbocycles. The van der Waals surface area contributed by atoms with Gasteiger partial charge in [0, 0.05) is 11.6 Å². The maximum absolute atomic E-state index is 12.9. The Balaban J connectivity index is 2.41. The number of hydrogen-bond acceptors (Lipinski definition) is 2. The summed E-state index contributed by atoms with van der Waals surface area (Å²) in [6.07, 6.45) is 0.247. The second-order valence-corrected chi connectivity index (χ2v) is 3.98. The Labute approximate surface area is 98.6 Å². The minimum Gasteiger partial charge on any atom is -0.457 e. The van der Waals surface area contributed by atoms with Crippen LogP contribution in [0, 0.1) is 11.6 Å². The van der Waals surface area contributed by atoms with Crippen LogP contribution < -0.4 is 0 Å². The Bertz CT molecular complexity index is 490. The van der Waals surface area contributed by atoms with Crippen molar-refractivity contribution in [3.63, 3.8) is 0 Å². The van der Waals surface area contributed by atoms with Crippen LogP contribution in [0.25, 0.3) is 0 Å². The number of rotatable bonds is 2. The van der Waals surface area contributed by atoms with Gasteiger partial charge >= 0.3 is 0 Å². The lowest BCUT2D eigenvalue weighted by Crippen LogP contribution is -2.00. The quantitative estimate of drug-likeness (QED) is 0.919. The fourth-order valence-electron chi connectivity index (χ4n) is 1.41. The van der Waals surface area contributed by atoms with Crippen LogP contribution in [0.15, 0.2) is 39.6 Å². The zero-order chi connectivity index (χ0) is 11.7. The number of furan rings is 1. The van der Waals surface area contributed by atoms with Crippen LogP contribution in [0.3, 0.4) is 0 Å². The van der Waals surface area contributed by atoms with E-state index in [9.17, 15) is 13.9 Å². The summed E-state index contributed by atoms with van der Waals surface area (Å²) in [6, 6.07) is 4.43. The smallest absolute Gasteiger partial charge is 0.175 e. The molecule has 1 atom stereocenters. The zero-order valence-corrected chi connectivity index (χ0v) is 9.54. The van der Waals surface area contributed by atoms with Gasteiger partial charge in [0.15, 0.2) is 4.67 Å². The second-order valence-electron chi connectivity index (χ2n) is 3.25. The Kier molecular flexibility index (Phi) is 3.07. The Morgan fingerprint density at radius 2 is 1.81 bits per heavy atom. The van der Waals surface area contributed by atoms with Gasteiger partial charge in [-0.2, -0.15) is 0 Å². The zero-order valence-electron chi connectivity index (χ0n) is 7.95. The van der Waals surface area contributed by atoms with Crippen molar-refractivity contribution < 1.29 is 18.3 Å². The average Bonchev–Trinajstić information content (AvgIpc) is 2.62. The van der Waals surface area contributed by atoms with Gasteiger partial charge in [-0.05, 0) is 39.7 Å². The lowest BCUT2D eigenvalue weighted by molar-refractivity contribution is 0.217. The first-order chi connectivity index (χ1) is 7.58. The monoisotopic (exact) mass is 288 g/mol. The maximum Gasteiger partial charge on any atom is 0.175 e. The van der Waals surface area contributed by atoms with Crippen molar-refractivity contribution in [3.05, 3.63) is 58.0 Å². The van der Waals surface area contributed by atoms with Crippen molar-refractivity contribution in [2.45, 2.75) is 6.10 Å². The van der Waals surface area contributed by atoms with E-state index in [4.69, 9.17) is 4.42 Å². The maximum atomic E-state index is 12.9. The lowest BCUT2D eigenvalue weighted by atomic mass is 10.0. The van der Waals surface area contributed by atoms with E-state index in [-0.39, 0.29) is 5.56 Å². The van der Waals surface area contributed by atoms with E-state index in [2.05, 4.69) is 15.9 Å². The summed E-state index contributed by atoms with van der Waals surface area (Å²) >= 11 is 3.09. The first-order valence-corrected chi connectivity index (χ1v) is 5.24. The number of aliphatic hydroxyl groups is 1. The Morgan fingerprint density at radius 3 is 2.31 bits per heavy atom. The molecule has 1 aromatic heterocycles. The molecular formula is C11H7BrF2O2. The highest BCUT2D eigenvalue weighted by molar-refractivity contribution is 9.10. The number of benzene rings is 1. The Morgan fingerprint density at radius 1 is 1.19 bits per heavy atom. The van der Waals surface area contributed by atoms with E-state index in [0.29, 0.717) is 10.2 Å². The number of aliphatic hydroxyl groups excluding tert-OH is 1. The van der Waals surface area contributed by atoms with E-state index in [0.717, 1.165) is 18.2 Å². The molecule has 0 radical (unpaired) electrons. The molecule has 2 rings (SSSR count). The van der Waals surface area contributed by atoms with Crippen LogP contribution in [0.5, 0.6) is 0 Å². The summed E-state index contributed by atoms with van der Waals surface area (Å²) < 4.78 is 31.2. The summed E-state index contributed by atoms with van der Waals surface area (Å²) in [7, 11) is 0. The normalized spacial score (nSPS) is 12.8. The summed E-state index contributed by atoms with van der Waals surface area (Å²) in [5, 5.41) is 9.89.